The van der Waals surface area contributed by atoms with Gasteiger partial charge in [0.15, 0.2) is 5.65 Å². The highest BCUT2D eigenvalue weighted by molar-refractivity contribution is 7.99. The SMILES string of the molecule is O=C(O)c1cccc(Sc2ccc3n[nH]c(=O)n3n2)c1. The van der Waals surface area contributed by atoms with Gasteiger partial charge in [-0.25, -0.2) is 14.7 Å². The zero-order valence-corrected chi connectivity index (χ0v) is 10.8. The molecule has 2 aromatic heterocycles. The maximum Gasteiger partial charge on any atom is 0.364 e. The topological polar surface area (TPSA) is 100 Å². The number of aromatic nitrogens is 4. The van der Waals surface area contributed by atoms with E-state index in [4.69, 9.17) is 5.11 Å². The minimum absolute atomic E-state index is 0.205. The molecule has 8 heteroatoms. The third kappa shape index (κ3) is 2.28. The van der Waals surface area contributed by atoms with Crippen LogP contribution in [-0.2, 0) is 0 Å². The Labute approximate surface area is 116 Å². The van der Waals surface area contributed by atoms with Crippen molar-refractivity contribution in [3.05, 3.63) is 52.4 Å². The normalized spacial score (nSPS) is 10.8. The van der Waals surface area contributed by atoms with Gasteiger partial charge in [-0.1, -0.05) is 17.8 Å². The van der Waals surface area contributed by atoms with Crippen LogP contribution in [0, 0.1) is 0 Å². The number of hydrogen-bond donors (Lipinski definition) is 2. The lowest BCUT2D eigenvalue weighted by atomic mass is 10.2. The number of aromatic amines is 1. The van der Waals surface area contributed by atoms with Crippen LogP contribution in [0.3, 0.4) is 0 Å². The summed E-state index contributed by atoms with van der Waals surface area (Å²) in [5.41, 5.74) is 0.219. The van der Waals surface area contributed by atoms with Crippen molar-refractivity contribution in [3.8, 4) is 0 Å². The van der Waals surface area contributed by atoms with Crippen LogP contribution in [0.5, 0.6) is 0 Å². The van der Waals surface area contributed by atoms with Gasteiger partial charge in [0.05, 0.1) is 5.56 Å². The molecule has 20 heavy (non-hydrogen) atoms. The van der Waals surface area contributed by atoms with Crippen molar-refractivity contribution in [2.45, 2.75) is 9.92 Å². The summed E-state index contributed by atoms with van der Waals surface area (Å²) in [5.74, 6) is -0.984. The number of aromatic carboxylic acids is 1. The van der Waals surface area contributed by atoms with E-state index in [1.165, 1.54) is 17.8 Å². The van der Waals surface area contributed by atoms with Gasteiger partial charge in [-0.05, 0) is 30.3 Å². The molecule has 7 nitrogen and oxygen atoms in total. The van der Waals surface area contributed by atoms with E-state index in [1.807, 2.05) is 0 Å². The summed E-state index contributed by atoms with van der Waals surface area (Å²) in [6.45, 7) is 0. The number of nitrogens with zero attached hydrogens (tertiary/aromatic N) is 3. The van der Waals surface area contributed by atoms with Crippen LogP contribution in [-0.4, -0.2) is 30.9 Å². The molecule has 0 aliphatic carbocycles. The molecular weight excluding hydrogens is 280 g/mol. The molecule has 1 aromatic carbocycles. The van der Waals surface area contributed by atoms with E-state index < -0.39 is 11.7 Å². The van der Waals surface area contributed by atoms with Crippen LogP contribution in [0.25, 0.3) is 5.65 Å². The lowest BCUT2D eigenvalue weighted by Crippen LogP contribution is -2.12. The van der Waals surface area contributed by atoms with Crippen molar-refractivity contribution >= 4 is 23.4 Å². The van der Waals surface area contributed by atoms with Crippen LogP contribution >= 0.6 is 11.8 Å². The third-order valence-electron chi connectivity index (χ3n) is 2.55. The summed E-state index contributed by atoms with van der Waals surface area (Å²) in [6.07, 6.45) is 0. The van der Waals surface area contributed by atoms with Crippen LogP contribution in [0.2, 0.25) is 0 Å². The molecule has 0 atom stereocenters. The van der Waals surface area contributed by atoms with Crippen LogP contribution in [0.1, 0.15) is 10.4 Å². The highest BCUT2D eigenvalue weighted by Gasteiger charge is 2.07. The lowest BCUT2D eigenvalue weighted by Gasteiger charge is -2.02. The molecule has 0 spiro atoms. The largest absolute Gasteiger partial charge is 0.478 e. The second-order valence-electron chi connectivity index (χ2n) is 3.91. The van der Waals surface area contributed by atoms with Crippen LogP contribution in [0.4, 0.5) is 0 Å². The number of rotatable bonds is 3. The predicted molar refractivity (Wildman–Crippen MR) is 71.1 cm³/mol. The maximum atomic E-state index is 11.4. The van der Waals surface area contributed by atoms with Gasteiger partial charge in [0.25, 0.3) is 0 Å². The summed E-state index contributed by atoms with van der Waals surface area (Å²) in [6, 6.07) is 9.89. The fourth-order valence-corrected chi connectivity index (χ4v) is 2.49. The first-order chi connectivity index (χ1) is 9.63. The molecule has 0 fully saturated rings. The molecule has 0 aliphatic heterocycles. The summed E-state index contributed by atoms with van der Waals surface area (Å²) < 4.78 is 1.16. The molecule has 0 aliphatic rings. The molecule has 0 unspecified atom stereocenters. The molecule has 0 amide bonds. The molecule has 3 rings (SSSR count). The molecular formula is C12H8N4O3S. The Morgan fingerprint density at radius 3 is 2.95 bits per heavy atom. The number of nitrogens with one attached hydrogen (secondary N) is 1. The van der Waals surface area contributed by atoms with Gasteiger partial charge in [0.2, 0.25) is 0 Å². The van der Waals surface area contributed by atoms with Crippen molar-refractivity contribution in [2.24, 2.45) is 0 Å². The van der Waals surface area contributed by atoms with Gasteiger partial charge in [0, 0.05) is 4.90 Å². The highest BCUT2D eigenvalue weighted by atomic mass is 32.2. The summed E-state index contributed by atoms with van der Waals surface area (Å²) in [5, 5.41) is 19.7. The average Bonchev–Trinajstić information content (AvgIpc) is 2.81. The number of carboxylic acid groups (broad SMARTS) is 1. The van der Waals surface area contributed by atoms with E-state index in [2.05, 4.69) is 15.3 Å². The van der Waals surface area contributed by atoms with Gasteiger partial charge in [-0.3, -0.25) is 0 Å². The van der Waals surface area contributed by atoms with Gasteiger partial charge in [-0.2, -0.15) is 14.7 Å². The fraction of sp³-hybridized carbons (Fsp3) is 0. The summed E-state index contributed by atoms with van der Waals surface area (Å²) in [7, 11) is 0. The summed E-state index contributed by atoms with van der Waals surface area (Å²) >= 11 is 1.27. The molecule has 0 bridgehead atoms. The van der Waals surface area contributed by atoms with E-state index in [-0.39, 0.29) is 5.56 Å². The minimum Gasteiger partial charge on any atom is -0.478 e. The minimum atomic E-state index is -0.984. The standard InChI is InChI=1S/C12H8N4O3S/c17-11(18)7-2-1-3-8(6-7)20-10-5-4-9-13-14-12(19)16(9)15-10/h1-6H,(H,14,19)(H,17,18). The second kappa shape index (κ2) is 4.82. The first-order valence-corrected chi connectivity index (χ1v) is 6.41. The van der Waals surface area contributed by atoms with Crippen LogP contribution in [0.15, 0.2) is 51.1 Å². The zero-order chi connectivity index (χ0) is 14.1. The molecule has 0 saturated carbocycles. The maximum absolute atomic E-state index is 11.4. The smallest absolute Gasteiger partial charge is 0.364 e. The Bertz CT molecular complexity index is 855. The van der Waals surface area contributed by atoms with Crippen LogP contribution < -0.4 is 5.69 Å². The quantitative estimate of drug-likeness (QED) is 0.752. The Balaban J connectivity index is 1.96. The Morgan fingerprint density at radius 2 is 2.15 bits per heavy atom. The molecule has 3 aromatic rings. The Morgan fingerprint density at radius 1 is 1.30 bits per heavy atom. The van der Waals surface area contributed by atoms with E-state index in [0.29, 0.717) is 10.7 Å². The first-order valence-electron chi connectivity index (χ1n) is 5.59. The number of fused-ring (bicyclic) bond motifs is 1. The lowest BCUT2D eigenvalue weighted by molar-refractivity contribution is 0.0696. The fourth-order valence-electron chi connectivity index (χ4n) is 1.65. The molecule has 100 valence electrons. The van der Waals surface area contributed by atoms with Gasteiger partial charge < -0.3 is 5.11 Å². The van der Waals surface area contributed by atoms with Crippen molar-refractivity contribution < 1.29 is 9.90 Å². The molecule has 0 radical (unpaired) electrons. The van der Waals surface area contributed by atoms with Gasteiger partial charge >= 0.3 is 11.7 Å². The predicted octanol–water partition coefficient (Wildman–Crippen LogP) is 1.27. The first kappa shape index (κ1) is 12.4. The van der Waals surface area contributed by atoms with Crippen molar-refractivity contribution in [1.82, 2.24) is 19.8 Å². The van der Waals surface area contributed by atoms with E-state index in [0.717, 1.165) is 9.41 Å². The third-order valence-corrected chi connectivity index (χ3v) is 3.47. The molecule has 0 saturated heterocycles. The molecule has 2 heterocycles. The van der Waals surface area contributed by atoms with E-state index in [9.17, 15) is 9.59 Å². The van der Waals surface area contributed by atoms with E-state index in [1.54, 1.807) is 30.3 Å². The molecule has 2 N–H and O–H groups in total. The number of H-pyrrole nitrogens is 1. The number of carbonyl (C=O) groups is 1. The Kier molecular flexibility index (Phi) is 2.99. The number of hydrogen-bond acceptors (Lipinski definition) is 5. The van der Waals surface area contributed by atoms with Gasteiger partial charge in [-0.15, -0.1) is 0 Å². The number of benzene rings is 1. The van der Waals surface area contributed by atoms with Crippen molar-refractivity contribution in [2.75, 3.05) is 0 Å². The zero-order valence-electron chi connectivity index (χ0n) is 9.98. The van der Waals surface area contributed by atoms with Crippen molar-refractivity contribution in [1.29, 1.82) is 0 Å². The monoisotopic (exact) mass is 288 g/mol. The average molecular weight is 288 g/mol. The van der Waals surface area contributed by atoms with Crippen molar-refractivity contribution in [3.63, 3.8) is 0 Å². The van der Waals surface area contributed by atoms with E-state index >= 15 is 0 Å². The number of carboxylic acids is 1. The summed E-state index contributed by atoms with van der Waals surface area (Å²) in [4.78, 5) is 23.1. The van der Waals surface area contributed by atoms with Gasteiger partial charge in [0.1, 0.15) is 5.03 Å². The second-order valence-corrected chi connectivity index (χ2v) is 5.00. The highest BCUT2D eigenvalue weighted by Crippen LogP contribution is 2.26. The Hall–Kier alpha value is -2.61.